The van der Waals surface area contributed by atoms with E-state index in [2.05, 4.69) is 21.2 Å². The molecule has 144 valence electrons. The van der Waals surface area contributed by atoms with Crippen molar-refractivity contribution in [3.05, 3.63) is 44.7 Å². The van der Waals surface area contributed by atoms with Crippen LogP contribution in [-0.2, 0) is 22.4 Å². The molecule has 0 aliphatic heterocycles. The molecule has 4 nitrogen and oxygen atoms in total. The lowest BCUT2D eigenvalue weighted by atomic mass is 9.95. The van der Waals surface area contributed by atoms with E-state index in [0.717, 1.165) is 40.6 Å². The summed E-state index contributed by atoms with van der Waals surface area (Å²) in [5, 5.41) is 3.59. The first-order valence-corrected chi connectivity index (χ1v) is 11.6. The van der Waals surface area contributed by atoms with Crippen LogP contribution in [0.3, 0.4) is 0 Å². The Bertz CT molecular complexity index is 830. The summed E-state index contributed by atoms with van der Waals surface area (Å²) in [6, 6.07) is 7.84. The fourth-order valence-corrected chi connectivity index (χ4v) is 5.24. The average molecular weight is 468 g/mol. The van der Waals surface area contributed by atoms with Crippen molar-refractivity contribution in [1.82, 2.24) is 0 Å². The van der Waals surface area contributed by atoms with Crippen LogP contribution in [0, 0.1) is 0 Å². The number of hydrogen-bond acceptors (Lipinski definition) is 5. The van der Waals surface area contributed by atoms with E-state index >= 15 is 0 Å². The molecule has 7 heteroatoms. The number of thiophene rings is 1. The van der Waals surface area contributed by atoms with Gasteiger partial charge in [0, 0.05) is 14.2 Å². The number of fused-ring (bicyclic) bond motifs is 1. The molecule has 0 saturated heterocycles. The van der Waals surface area contributed by atoms with Crippen molar-refractivity contribution >= 4 is 55.9 Å². The number of amides is 1. The van der Waals surface area contributed by atoms with Gasteiger partial charge in [0.15, 0.2) is 0 Å². The van der Waals surface area contributed by atoms with E-state index in [9.17, 15) is 9.59 Å². The zero-order valence-corrected chi connectivity index (χ0v) is 18.6. The molecule has 27 heavy (non-hydrogen) atoms. The molecule has 1 aromatic carbocycles. The van der Waals surface area contributed by atoms with Crippen LogP contribution in [0.2, 0.25) is 0 Å². The van der Waals surface area contributed by atoms with Gasteiger partial charge in [0.25, 0.3) is 0 Å². The van der Waals surface area contributed by atoms with Crippen molar-refractivity contribution in [3.8, 4) is 0 Å². The zero-order valence-electron chi connectivity index (χ0n) is 15.3. The molecule has 0 radical (unpaired) electrons. The standard InChI is InChI=1S/C20H22BrNO3S2/c1-12(2)25-20(24)18-15-5-3-4-6-16(15)27-19(18)22-17(23)11-26-14-9-7-13(21)8-10-14/h7-10,12H,3-6,11H2,1-2H3,(H,22,23). The lowest BCUT2D eigenvalue weighted by molar-refractivity contribution is -0.113. The number of anilines is 1. The summed E-state index contributed by atoms with van der Waals surface area (Å²) in [4.78, 5) is 27.3. The van der Waals surface area contributed by atoms with Gasteiger partial charge in [-0.05, 0) is 69.4 Å². The van der Waals surface area contributed by atoms with Gasteiger partial charge in [0.2, 0.25) is 5.91 Å². The van der Waals surface area contributed by atoms with Crippen LogP contribution in [-0.4, -0.2) is 23.7 Å². The number of thioether (sulfide) groups is 1. The van der Waals surface area contributed by atoms with E-state index in [-0.39, 0.29) is 18.0 Å². The Balaban J connectivity index is 1.73. The number of rotatable bonds is 6. The number of carbonyl (C=O) groups excluding carboxylic acids is 2. The summed E-state index contributed by atoms with van der Waals surface area (Å²) in [7, 11) is 0. The van der Waals surface area contributed by atoms with Crippen molar-refractivity contribution in [3.63, 3.8) is 0 Å². The Hall–Kier alpha value is -1.31. The molecule has 2 aromatic rings. The van der Waals surface area contributed by atoms with Gasteiger partial charge >= 0.3 is 5.97 Å². The second-order valence-corrected chi connectivity index (χ2v) is 9.73. The van der Waals surface area contributed by atoms with E-state index in [1.165, 1.54) is 28.0 Å². The molecule has 1 heterocycles. The molecular formula is C20H22BrNO3S2. The molecular weight excluding hydrogens is 446 g/mol. The van der Waals surface area contributed by atoms with Crippen LogP contribution in [0.5, 0.6) is 0 Å². The number of ether oxygens (including phenoxy) is 1. The highest BCUT2D eigenvalue weighted by Gasteiger charge is 2.27. The monoisotopic (exact) mass is 467 g/mol. The maximum Gasteiger partial charge on any atom is 0.341 e. The van der Waals surface area contributed by atoms with Gasteiger partial charge in [-0.2, -0.15) is 0 Å². The van der Waals surface area contributed by atoms with Crippen LogP contribution < -0.4 is 5.32 Å². The highest BCUT2D eigenvalue weighted by molar-refractivity contribution is 9.10. The minimum atomic E-state index is -0.333. The van der Waals surface area contributed by atoms with Crippen molar-refractivity contribution in [1.29, 1.82) is 0 Å². The fourth-order valence-electron chi connectivity index (χ4n) is 2.99. The van der Waals surface area contributed by atoms with Gasteiger partial charge in [-0.25, -0.2) is 4.79 Å². The first-order chi connectivity index (χ1) is 12.9. The molecule has 0 unspecified atom stereocenters. The molecule has 1 aliphatic rings. The number of carbonyl (C=O) groups is 2. The lowest BCUT2D eigenvalue weighted by Crippen LogP contribution is -2.18. The molecule has 0 spiro atoms. The molecule has 0 saturated carbocycles. The SMILES string of the molecule is CC(C)OC(=O)c1c(NC(=O)CSc2ccc(Br)cc2)sc2c1CCCC2. The Morgan fingerprint density at radius 1 is 1.22 bits per heavy atom. The maximum absolute atomic E-state index is 12.6. The summed E-state index contributed by atoms with van der Waals surface area (Å²) in [6.45, 7) is 3.67. The number of aryl methyl sites for hydroxylation is 1. The molecule has 1 aromatic heterocycles. The lowest BCUT2D eigenvalue weighted by Gasteiger charge is -2.14. The quantitative estimate of drug-likeness (QED) is 0.438. The van der Waals surface area contributed by atoms with Crippen LogP contribution >= 0.6 is 39.0 Å². The van der Waals surface area contributed by atoms with E-state index < -0.39 is 0 Å². The van der Waals surface area contributed by atoms with Gasteiger partial charge in [-0.1, -0.05) is 15.9 Å². The van der Waals surface area contributed by atoms with E-state index in [4.69, 9.17) is 4.74 Å². The third kappa shape index (κ3) is 5.36. The molecule has 1 aliphatic carbocycles. The highest BCUT2D eigenvalue weighted by atomic mass is 79.9. The Morgan fingerprint density at radius 3 is 2.63 bits per heavy atom. The number of benzene rings is 1. The largest absolute Gasteiger partial charge is 0.459 e. The fraction of sp³-hybridized carbons (Fsp3) is 0.400. The summed E-state index contributed by atoms with van der Waals surface area (Å²) in [6.07, 6.45) is 3.84. The maximum atomic E-state index is 12.6. The van der Waals surface area contributed by atoms with Crippen LogP contribution in [0.25, 0.3) is 0 Å². The van der Waals surface area contributed by atoms with Crippen molar-refractivity contribution in [2.24, 2.45) is 0 Å². The van der Waals surface area contributed by atoms with E-state index in [1.807, 2.05) is 38.1 Å². The summed E-state index contributed by atoms with van der Waals surface area (Å²) < 4.78 is 6.44. The number of halogens is 1. The van der Waals surface area contributed by atoms with Gasteiger partial charge in [-0.3, -0.25) is 4.79 Å². The minimum absolute atomic E-state index is 0.111. The van der Waals surface area contributed by atoms with Crippen LogP contribution in [0.4, 0.5) is 5.00 Å². The molecule has 1 N–H and O–H groups in total. The Kier molecular flexibility index (Phi) is 7.00. The predicted octanol–water partition coefficient (Wildman–Crippen LogP) is 5.69. The third-order valence-corrected chi connectivity index (χ3v) is 6.90. The first-order valence-electron chi connectivity index (χ1n) is 8.97. The number of esters is 1. The normalized spacial score (nSPS) is 13.3. The highest BCUT2D eigenvalue weighted by Crippen LogP contribution is 2.39. The van der Waals surface area contributed by atoms with Crippen LogP contribution in [0.15, 0.2) is 33.6 Å². The topological polar surface area (TPSA) is 55.4 Å². The molecule has 1 amide bonds. The number of nitrogens with one attached hydrogen (secondary N) is 1. The van der Waals surface area contributed by atoms with Gasteiger partial charge in [-0.15, -0.1) is 23.1 Å². The minimum Gasteiger partial charge on any atom is -0.459 e. The van der Waals surface area contributed by atoms with E-state index in [0.29, 0.717) is 16.3 Å². The summed E-state index contributed by atoms with van der Waals surface area (Å²) in [5.41, 5.74) is 1.62. The molecule has 0 fully saturated rings. The van der Waals surface area contributed by atoms with Crippen molar-refractivity contribution in [2.75, 3.05) is 11.1 Å². The summed E-state index contributed by atoms with van der Waals surface area (Å²) in [5.74, 6) is -0.150. The smallest absolute Gasteiger partial charge is 0.341 e. The number of hydrogen-bond donors (Lipinski definition) is 1. The van der Waals surface area contributed by atoms with Crippen molar-refractivity contribution < 1.29 is 14.3 Å². The Morgan fingerprint density at radius 2 is 1.93 bits per heavy atom. The third-order valence-electron chi connectivity index (χ3n) is 4.15. The predicted molar refractivity (Wildman–Crippen MR) is 115 cm³/mol. The Labute approximate surface area is 176 Å². The molecule has 0 bridgehead atoms. The summed E-state index contributed by atoms with van der Waals surface area (Å²) >= 11 is 6.40. The second kappa shape index (κ2) is 9.26. The second-order valence-electron chi connectivity index (χ2n) is 6.66. The average Bonchev–Trinajstić information content (AvgIpc) is 2.98. The van der Waals surface area contributed by atoms with Crippen molar-refractivity contribution in [2.45, 2.75) is 50.5 Å². The van der Waals surface area contributed by atoms with Crippen LogP contribution in [0.1, 0.15) is 47.5 Å². The zero-order chi connectivity index (χ0) is 19.4. The molecule has 3 rings (SSSR count). The van der Waals surface area contributed by atoms with Gasteiger partial charge in [0.1, 0.15) is 5.00 Å². The van der Waals surface area contributed by atoms with Gasteiger partial charge in [0.05, 0.1) is 17.4 Å². The first kappa shape index (κ1) is 20.4. The van der Waals surface area contributed by atoms with E-state index in [1.54, 1.807) is 0 Å². The molecule has 0 atom stereocenters. The van der Waals surface area contributed by atoms with Gasteiger partial charge < -0.3 is 10.1 Å².